The summed E-state index contributed by atoms with van der Waals surface area (Å²) in [6.07, 6.45) is 1.70. The van der Waals surface area contributed by atoms with E-state index in [4.69, 9.17) is 15.7 Å². The van der Waals surface area contributed by atoms with Crippen LogP contribution in [0.25, 0.3) is 16.9 Å². The minimum atomic E-state index is -1.08. The van der Waals surface area contributed by atoms with Crippen LogP contribution in [0, 0.1) is 27.7 Å². The second-order valence-electron chi connectivity index (χ2n) is 10.0. The Morgan fingerprint density at radius 1 is 1.08 bits per heavy atom. The van der Waals surface area contributed by atoms with E-state index in [1.165, 1.54) is 0 Å². The van der Waals surface area contributed by atoms with Crippen molar-refractivity contribution in [3.63, 3.8) is 0 Å². The number of carbonyl (C=O) groups excluding carboxylic acids is 1. The lowest BCUT2D eigenvalue weighted by molar-refractivity contribution is 0.0590. The van der Waals surface area contributed by atoms with E-state index >= 15 is 0 Å². The van der Waals surface area contributed by atoms with Crippen LogP contribution in [-0.4, -0.2) is 51.7 Å². The van der Waals surface area contributed by atoms with Crippen molar-refractivity contribution in [1.82, 2.24) is 29.0 Å². The predicted molar refractivity (Wildman–Crippen MR) is 136 cm³/mol. The minimum absolute atomic E-state index is 0.133. The first-order valence-electron chi connectivity index (χ1n) is 11.9. The summed E-state index contributed by atoms with van der Waals surface area (Å²) in [6, 6.07) is 3.45. The Balaban J connectivity index is 1.66. The summed E-state index contributed by atoms with van der Waals surface area (Å²) < 4.78 is 3.69. The van der Waals surface area contributed by atoms with E-state index in [0.29, 0.717) is 59.1 Å². The normalized spacial score (nSPS) is 13.9. The third-order valence-corrected chi connectivity index (χ3v) is 6.99. The molecule has 188 valence electrons. The molecule has 4 heterocycles. The number of rotatable bonds is 3. The Morgan fingerprint density at radius 2 is 1.78 bits per heavy atom. The van der Waals surface area contributed by atoms with Crippen LogP contribution >= 0.6 is 0 Å². The standard InChI is InChI=1S/C26H31N7O3/c1-13-7-8-18(34)14(2)21(13)33-22(27)19(20-23(33)30-16(4)15(3)29-20)24(35)31-9-10-32-17(12-31)11-28-25(32)26(5,6)36/h7-8,11,34,36H,9-10,12,27H2,1-6H3. The molecule has 0 radical (unpaired) electrons. The molecule has 0 spiro atoms. The number of anilines is 1. The zero-order valence-electron chi connectivity index (χ0n) is 21.4. The molecule has 0 saturated heterocycles. The number of aromatic nitrogens is 5. The average Bonchev–Trinajstić information content (AvgIpc) is 3.35. The number of imidazole rings is 1. The topological polar surface area (TPSA) is 135 Å². The lowest BCUT2D eigenvalue weighted by atomic mass is 10.1. The second-order valence-corrected chi connectivity index (χ2v) is 10.0. The highest BCUT2D eigenvalue weighted by Crippen LogP contribution is 2.36. The van der Waals surface area contributed by atoms with Crippen LogP contribution in [0.3, 0.4) is 0 Å². The monoisotopic (exact) mass is 489 g/mol. The Bertz CT molecular complexity index is 1540. The van der Waals surface area contributed by atoms with E-state index in [1.807, 2.05) is 38.3 Å². The highest BCUT2D eigenvalue weighted by molar-refractivity contribution is 6.10. The van der Waals surface area contributed by atoms with Crippen molar-refractivity contribution in [2.45, 2.75) is 60.2 Å². The largest absolute Gasteiger partial charge is 0.508 e. The molecule has 0 atom stereocenters. The molecule has 0 bridgehead atoms. The molecule has 36 heavy (non-hydrogen) atoms. The van der Waals surface area contributed by atoms with Crippen LogP contribution in [0.4, 0.5) is 5.82 Å². The van der Waals surface area contributed by atoms with Crippen LogP contribution in [0.5, 0.6) is 5.75 Å². The van der Waals surface area contributed by atoms with Gasteiger partial charge in [0.05, 0.1) is 35.5 Å². The average molecular weight is 490 g/mol. The van der Waals surface area contributed by atoms with Gasteiger partial charge in [0.25, 0.3) is 5.91 Å². The van der Waals surface area contributed by atoms with Crippen LogP contribution in [-0.2, 0) is 18.7 Å². The summed E-state index contributed by atoms with van der Waals surface area (Å²) >= 11 is 0. The summed E-state index contributed by atoms with van der Waals surface area (Å²) in [5, 5.41) is 20.9. The first-order chi connectivity index (χ1) is 16.9. The number of phenolic OH excluding ortho intramolecular Hbond substituents is 1. The SMILES string of the molecule is Cc1ccc(O)c(C)c1-n1c(N)c(C(=O)N2CCn3c(cnc3C(C)(C)O)C2)c2nc(C)c(C)nc21. The molecule has 1 aromatic carbocycles. The lowest BCUT2D eigenvalue weighted by Gasteiger charge is -2.30. The summed E-state index contributed by atoms with van der Waals surface area (Å²) in [5.74, 6) is 0.690. The maximum atomic E-state index is 14.0. The predicted octanol–water partition coefficient (Wildman–Crippen LogP) is 3.02. The molecule has 4 N–H and O–H groups in total. The fraction of sp³-hybridized carbons (Fsp3) is 0.385. The molecule has 10 heteroatoms. The molecule has 0 fully saturated rings. The molecular weight excluding hydrogens is 458 g/mol. The zero-order chi connectivity index (χ0) is 26.1. The molecule has 0 saturated carbocycles. The number of nitrogens with two attached hydrogens (primary N) is 1. The summed E-state index contributed by atoms with van der Waals surface area (Å²) in [4.78, 5) is 29.6. The van der Waals surface area contributed by atoms with Crippen molar-refractivity contribution >= 4 is 22.9 Å². The third kappa shape index (κ3) is 3.51. The molecule has 1 amide bonds. The quantitative estimate of drug-likeness (QED) is 0.402. The first kappa shape index (κ1) is 23.8. The van der Waals surface area contributed by atoms with Crippen LogP contribution in [0.1, 0.15) is 58.2 Å². The summed E-state index contributed by atoms with van der Waals surface area (Å²) in [7, 11) is 0. The molecule has 1 aliphatic heterocycles. The van der Waals surface area contributed by atoms with Gasteiger partial charge >= 0.3 is 0 Å². The van der Waals surface area contributed by atoms with Gasteiger partial charge in [0.1, 0.15) is 34.1 Å². The van der Waals surface area contributed by atoms with Crippen molar-refractivity contribution in [3.05, 3.63) is 57.9 Å². The Hall–Kier alpha value is -3.92. The van der Waals surface area contributed by atoms with E-state index in [9.17, 15) is 15.0 Å². The number of phenols is 1. The number of benzene rings is 1. The van der Waals surface area contributed by atoms with Crippen molar-refractivity contribution < 1.29 is 15.0 Å². The number of hydrogen-bond acceptors (Lipinski definition) is 7. The fourth-order valence-electron chi connectivity index (χ4n) is 4.97. The fourth-order valence-corrected chi connectivity index (χ4v) is 4.97. The van der Waals surface area contributed by atoms with E-state index in [2.05, 4.69) is 4.98 Å². The number of hydrogen-bond donors (Lipinski definition) is 3. The van der Waals surface area contributed by atoms with Gasteiger partial charge in [-0.25, -0.2) is 15.0 Å². The van der Waals surface area contributed by atoms with Gasteiger partial charge in [-0.3, -0.25) is 9.36 Å². The van der Waals surface area contributed by atoms with Crippen LogP contribution < -0.4 is 5.73 Å². The van der Waals surface area contributed by atoms with Gasteiger partial charge in [-0.1, -0.05) is 6.07 Å². The van der Waals surface area contributed by atoms with Gasteiger partial charge in [0, 0.05) is 18.7 Å². The van der Waals surface area contributed by atoms with Crippen molar-refractivity contribution in [2.75, 3.05) is 12.3 Å². The molecule has 0 aliphatic carbocycles. The van der Waals surface area contributed by atoms with Crippen LogP contribution in [0.2, 0.25) is 0 Å². The number of carbonyl (C=O) groups is 1. The Labute approximate surface area is 209 Å². The number of aryl methyl sites for hydroxylation is 3. The number of aliphatic hydroxyl groups is 1. The molecule has 1 aliphatic rings. The summed E-state index contributed by atoms with van der Waals surface area (Å²) in [6.45, 7) is 12.1. The number of nitrogen functional groups attached to an aromatic ring is 1. The van der Waals surface area contributed by atoms with Gasteiger partial charge in [0.2, 0.25) is 0 Å². The third-order valence-electron chi connectivity index (χ3n) is 6.99. The molecule has 4 aromatic rings. The molecule has 0 unspecified atom stereocenters. The number of fused-ring (bicyclic) bond motifs is 2. The van der Waals surface area contributed by atoms with E-state index in [0.717, 1.165) is 17.0 Å². The highest BCUT2D eigenvalue weighted by Gasteiger charge is 2.33. The Morgan fingerprint density at radius 3 is 2.47 bits per heavy atom. The van der Waals surface area contributed by atoms with Gasteiger partial charge in [-0.15, -0.1) is 0 Å². The zero-order valence-corrected chi connectivity index (χ0v) is 21.4. The molecule has 5 rings (SSSR count). The smallest absolute Gasteiger partial charge is 0.260 e. The number of amides is 1. The first-order valence-corrected chi connectivity index (χ1v) is 11.9. The van der Waals surface area contributed by atoms with Gasteiger partial charge < -0.3 is 25.4 Å². The van der Waals surface area contributed by atoms with Crippen LogP contribution in [0.15, 0.2) is 18.3 Å². The Kier molecular flexibility index (Phi) is 5.33. The van der Waals surface area contributed by atoms with E-state index < -0.39 is 5.60 Å². The highest BCUT2D eigenvalue weighted by atomic mass is 16.3. The van der Waals surface area contributed by atoms with Gasteiger partial charge in [0.15, 0.2) is 5.65 Å². The molecule has 10 nitrogen and oxygen atoms in total. The minimum Gasteiger partial charge on any atom is -0.508 e. The second kappa shape index (κ2) is 8.06. The summed E-state index contributed by atoms with van der Waals surface area (Å²) in [5.41, 5.74) is 11.3. The van der Waals surface area contributed by atoms with Gasteiger partial charge in [-0.05, 0) is 53.2 Å². The maximum absolute atomic E-state index is 14.0. The van der Waals surface area contributed by atoms with Gasteiger partial charge in [-0.2, -0.15) is 0 Å². The van der Waals surface area contributed by atoms with Crippen molar-refractivity contribution in [1.29, 1.82) is 0 Å². The molecule has 3 aromatic heterocycles. The van der Waals surface area contributed by atoms with Crippen molar-refractivity contribution in [2.24, 2.45) is 0 Å². The number of aromatic hydroxyl groups is 1. The van der Waals surface area contributed by atoms with E-state index in [-0.39, 0.29) is 17.5 Å². The molecular formula is C26H31N7O3. The number of nitrogens with zero attached hydrogens (tertiary/aromatic N) is 6. The van der Waals surface area contributed by atoms with E-state index in [1.54, 1.807) is 35.6 Å². The maximum Gasteiger partial charge on any atom is 0.260 e. The van der Waals surface area contributed by atoms with Crippen molar-refractivity contribution in [3.8, 4) is 11.4 Å². The lowest BCUT2D eigenvalue weighted by Crippen LogP contribution is -2.39.